The van der Waals surface area contributed by atoms with E-state index in [4.69, 9.17) is 5.73 Å². The highest BCUT2D eigenvalue weighted by atomic mass is 16.1. The molecule has 1 amide bonds. The molecule has 1 unspecified atom stereocenters. The summed E-state index contributed by atoms with van der Waals surface area (Å²) in [4.78, 5) is 12.2. The van der Waals surface area contributed by atoms with Gasteiger partial charge < -0.3 is 11.1 Å². The van der Waals surface area contributed by atoms with E-state index >= 15 is 0 Å². The van der Waals surface area contributed by atoms with Gasteiger partial charge in [-0.05, 0) is 63.4 Å². The lowest BCUT2D eigenvalue weighted by atomic mass is 9.93. The van der Waals surface area contributed by atoms with Gasteiger partial charge in [-0.2, -0.15) is 0 Å². The average Bonchev–Trinajstić information content (AvgIpc) is 2.32. The number of aryl methyl sites for hydroxylation is 2. The summed E-state index contributed by atoms with van der Waals surface area (Å²) in [5.41, 5.74) is 8.44. The van der Waals surface area contributed by atoms with Crippen LogP contribution in [0.1, 0.15) is 48.2 Å². The van der Waals surface area contributed by atoms with Crippen molar-refractivity contribution in [1.29, 1.82) is 0 Å². The molecule has 0 aliphatic carbocycles. The van der Waals surface area contributed by atoms with Crippen molar-refractivity contribution in [2.24, 2.45) is 5.73 Å². The lowest BCUT2D eigenvalue weighted by Crippen LogP contribution is -2.46. The second kappa shape index (κ2) is 6.01. The van der Waals surface area contributed by atoms with Crippen LogP contribution in [-0.4, -0.2) is 18.0 Å². The molecule has 0 aliphatic rings. The Morgan fingerprint density at radius 3 is 2.50 bits per heavy atom. The van der Waals surface area contributed by atoms with Gasteiger partial charge in [0, 0.05) is 11.1 Å². The first-order valence-corrected chi connectivity index (χ1v) is 6.51. The summed E-state index contributed by atoms with van der Waals surface area (Å²) < 4.78 is 0. The van der Waals surface area contributed by atoms with E-state index in [2.05, 4.69) is 12.2 Å². The molecule has 1 aromatic rings. The summed E-state index contributed by atoms with van der Waals surface area (Å²) in [7, 11) is 0. The van der Waals surface area contributed by atoms with E-state index in [1.54, 1.807) is 0 Å². The number of nitrogens with two attached hydrogens (primary N) is 1. The molecule has 0 saturated heterocycles. The van der Waals surface area contributed by atoms with E-state index in [0.717, 1.165) is 24.0 Å². The fourth-order valence-electron chi connectivity index (χ4n) is 1.88. The van der Waals surface area contributed by atoms with Gasteiger partial charge in [0.15, 0.2) is 0 Å². The highest BCUT2D eigenvalue weighted by molar-refractivity contribution is 5.94. The first-order valence-electron chi connectivity index (χ1n) is 6.51. The maximum Gasteiger partial charge on any atom is 0.251 e. The summed E-state index contributed by atoms with van der Waals surface area (Å²) in [6.07, 6.45) is 1.67. The zero-order valence-electron chi connectivity index (χ0n) is 11.8. The van der Waals surface area contributed by atoms with Crippen LogP contribution >= 0.6 is 0 Å². The van der Waals surface area contributed by atoms with Crippen molar-refractivity contribution in [1.82, 2.24) is 5.32 Å². The standard InChI is InChI=1S/C15H24N2O/c1-5-15(4,8-9-16)17-14(18)13-7-6-11(2)12(3)10-13/h6-7,10H,5,8-9,16H2,1-4H3,(H,17,18). The number of benzene rings is 1. The zero-order valence-corrected chi connectivity index (χ0v) is 11.8. The van der Waals surface area contributed by atoms with Crippen LogP contribution in [0.15, 0.2) is 18.2 Å². The van der Waals surface area contributed by atoms with E-state index in [1.165, 1.54) is 5.56 Å². The summed E-state index contributed by atoms with van der Waals surface area (Å²) in [6, 6.07) is 5.79. The first-order chi connectivity index (χ1) is 8.41. The molecule has 100 valence electrons. The maximum atomic E-state index is 12.2. The van der Waals surface area contributed by atoms with Crippen LogP contribution in [0.3, 0.4) is 0 Å². The molecule has 0 saturated carbocycles. The van der Waals surface area contributed by atoms with Crippen LogP contribution < -0.4 is 11.1 Å². The van der Waals surface area contributed by atoms with Crippen molar-refractivity contribution in [3.05, 3.63) is 34.9 Å². The van der Waals surface area contributed by atoms with Gasteiger partial charge in [-0.3, -0.25) is 4.79 Å². The Morgan fingerprint density at radius 2 is 2.00 bits per heavy atom. The molecule has 1 atom stereocenters. The SMILES string of the molecule is CCC(C)(CCN)NC(=O)c1ccc(C)c(C)c1. The van der Waals surface area contributed by atoms with Crippen LogP contribution in [0.5, 0.6) is 0 Å². The van der Waals surface area contributed by atoms with Crippen molar-refractivity contribution in [2.75, 3.05) is 6.54 Å². The van der Waals surface area contributed by atoms with Gasteiger partial charge in [-0.15, -0.1) is 0 Å². The molecule has 1 aromatic carbocycles. The predicted molar refractivity (Wildman–Crippen MR) is 75.7 cm³/mol. The fraction of sp³-hybridized carbons (Fsp3) is 0.533. The molecular formula is C15H24N2O. The third-order valence-corrected chi connectivity index (χ3v) is 3.66. The van der Waals surface area contributed by atoms with Gasteiger partial charge in [0.05, 0.1) is 0 Å². The molecule has 0 heterocycles. The second-order valence-corrected chi connectivity index (χ2v) is 5.21. The van der Waals surface area contributed by atoms with Crippen LogP contribution in [0.25, 0.3) is 0 Å². The van der Waals surface area contributed by atoms with Crippen LogP contribution in [0, 0.1) is 13.8 Å². The van der Waals surface area contributed by atoms with Gasteiger partial charge in [-0.1, -0.05) is 13.0 Å². The topological polar surface area (TPSA) is 55.1 Å². The van der Waals surface area contributed by atoms with Crippen LogP contribution in [0.2, 0.25) is 0 Å². The normalized spacial score (nSPS) is 14.1. The number of amides is 1. The Bertz CT molecular complexity index is 429. The van der Waals surface area contributed by atoms with Crippen molar-refractivity contribution >= 4 is 5.91 Å². The summed E-state index contributed by atoms with van der Waals surface area (Å²) in [5.74, 6) is -0.0177. The zero-order chi connectivity index (χ0) is 13.8. The Labute approximate surface area is 110 Å². The van der Waals surface area contributed by atoms with E-state index in [0.29, 0.717) is 6.54 Å². The molecule has 3 N–H and O–H groups in total. The third kappa shape index (κ3) is 3.57. The summed E-state index contributed by atoms with van der Waals surface area (Å²) in [6.45, 7) is 8.75. The van der Waals surface area contributed by atoms with Crippen molar-refractivity contribution in [2.45, 2.75) is 46.1 Å². The molecule has 0 bridgehead atoms. The van der Waals surface area contributed by atoms with Gasteiger partial charge >= 0.3 is 0 Å². The molecule has 3 nitrogen and oxygen atoms in total. The largest absolute Gasteiger partial charge is 0.347 e. The van der Waals surface area contributed by atoms with Gasteiger partial charge in [0.25, 0.3) is 5.91 Å². The summed E-state index contributed by atoms with van der Waals surface area (Å²) in [5, 5.41) is 3.09. The quantitative estimate of drug-likeness (QED) is 0.841. The number of carbonyl (C=O) groups excluding carboxylic acids is 1. The average molecular weight is 248 g/mol. The molecule has 0 radical (unpaired) electrons. The van der Waals surface area contributed by atoms with Gasteiger partial charge in [0.1, 0.15) is 0 Å². The molecule has 1 rings (SSSR count). The molecule has 0 fully saturated rings. The van der Waals surface area contributed by atoms with Crippen LogP contribution in [0.4, 0.5) is 0 Å². The fourth-order valence-corrected chi connectivity index (χ4v) is 1.88. The monoisotopic (exact) mass is 248 g/mol. The highest BCUT2D eigenvalue weighted by Gasteiger charge is 2.23. The Kier molecular flexibility index (Phi) is 4.91. The molecule has 0 spiro atoms. The minimum Gasteiger partial charge on any atom is -0.347 e. The van der Waals surface area contributed by atoms with E-state index in [1.807, 2.05) is 39.0 Å². The molecule has 0 aliphatic heterocycles. The van der Waals surface area contributed by atoms with E-state index in [9.17, 15) is 4.79 Å². The number of hydrogen-bond acceptors (Lipinski definition) is 2. The lowest BCUT2D eigenvalue weighted by Gasteiger charge is -2.29. The Hall–Kier alpha value is -1.35. The third-order valence-electron chi connectivity index (χ3n) is 3.66. The van der Waals surface area contributed by atoms with Gasteiger partial charge in [0.2, 0.25) is 0 Å². The first kappa shape index (κ1) is 14.7. The minimum absolute atomic E-state index is 0.0177. The molecule has 3 heteroatoms. The predicted octanol–water partition coefficient (Wildman–Crippen LogP) is 2.55. The van der Waals surface area contributed by atoms with E-state index < -0.39 is 0 Å². The van der Waals surface area contributed by atoms with Crippen molar-refractivity contribution < 1.29 is 4.79 Å². The number of carbonyl (C=O) groups is 1. The highest BCUT2D eigenvalue weighted by Crippen LogP contribution is 2.16. The smallest absolute Gasteiger partial charge is 0.251 e. The Morgan fingerprint density at radius 1 is 1.33 bits per heavy atom. The number of rotatable bonds is 5. The molecular weight excluding hydrogens is 224 g/mol. The maximum absolute atomic E-state index is 12.2. The van der Waals surface area contributed by atoms with Crippen LogP contribution in [-0.2, 0) is 0 Å². The lowest BCUT2D eigenvalue weighted by molar-refractivity contribution is 0.0900. The van der Waals surface area contributed by atoms with Crippen molar-refractivity contribution in [3.63, 3.8) is 0 Å². The number of nitrogens with one attached hydrogen (secondary N) is 1. The summed E-state index contributed by atoms with van der Waals surface area (Å²) >= 11 is 0. The van der Waals surface area contributed by atoms with Gasteiger partial charge in [-0.25, -0.2) is 0 Å². The Balaban J connectivity index is 2.84. The second-order valence-electron chi connectivity index (χ2n) is 5.21. The minimum atomic E-state index is -0.218. The molecule has 0 aromatic heterocycles. The van der Waals surface area contributed by atoms with Crippen molar-refractivity contribution in [3.8, 4) is 0 Å². The number of hydrogen-bond donors (Lipinski definition) is 2. The molecule has 18 heavy (non-hydrogen) atoms. The van der Waals surface area contributed by atoms with E-state index in [-0.39, 0.29) is 11.4 Å².